The highest BCUT2D eigenvalue weighted by Gasteiger charge is 2.51. The van der Waals surface area contributed by atoms with Crippen LogP contribution in [-0.2, 0) is 20.5 Å². The van der Waals surface area contributed by atoms with Gasteiger partial charge in [-0.05, 0) is 51.2 Å². The summed E-state index contributed by atoms with van der Waals surface area (Å²) in [7, 11) is -0.346. The summed E-state index contributed by atoms with van der Waals surface area (Å²) in [4.78, 5) is 13.8. The Balaban J connectivity index is 1.91. The molecule has 4 nitrogen and oxygen atoms in total. The Hall–Kier alpha value is -0.595. The van der Waals surface area contributed by atoms with Gasteiger partial charge in [-0.2, -0.15) is 0 Å². The van der Waals surface area contributed by atoms with E-state index in [9.17, 15) is 4.79 Å². The Morgan fingerprint density at radius 2 is 1.82 bits per heavy atom. The molecule has 1 aromatic rings. The van der Waals surface area contributed by atoms with E-state index in [1.54, 1.807) is 0 Å². The Kier molecular flexibility index (Phi) is 4.06. The second kappa shape index (κ2) is 5.49. The van der Waals surface area contributed by atoms with Crippen LogP contribution in [0.3, 0.4) is 0 Å². The SMILES string of the molecule is CC1(C)OB(c2ccc3c(c2)CCC(=O)N3CI)OC1(C)C. The van der Waals surface area contributed by atoms with Gasteiger partial charge < -0.3 is 14.2 Å². The van der Waals surface area contributed by atoms with Gasteiger partial charge in [0.1, 0.15) is 0 Å². The van der Waals surface area contributed by atoms with E-state index in [2.05, 4.69) is 56.4 Å². The minimum atomic E-state index is -0.346. The first kappa shape index (κ1) is 16.3. The number of anilines is 1. The lowest BCUT2D eigenvalue weighted by molar-refractivity contribution is -0.118. The van der Waals surface area contributed by atoms with Gasteiger partial charge in [-0.15, -0.1) is 0 Å². The van der Waals surface area contributed by atoms with E-state index in [1.807, 2.05) is 17.0 Å². The number of halogens is 1. The molecule has 118 valence electrons. The van der Waals surface area contributed by atoms with Crippen molar-refractivity contribution in [3.63, 3.8) is 0 Å². The topological polar surface area (TPSA) is 38.8 Å². The Bertz CT molecular complexity index is 601. The van der Waals surface area contributed by atoms with Crippen molar-refractivity contribution in [3.8, 4) is 0 Å². The fraction of sp³-hybridized carbons (Fsp3) is 0.562. The summed E-state index contributed by atoms with van der Waals surface area (Å²) in [6, 6.07) is 6.16. The van der Waals surface area contributed by atoms with Crippen LogP contribution in [0.4, 0.5) is 5.69 Å². The van der Waals surface area contributed by atoms with Crippen molar-refractivity contribution in [2.24, 2.45) is 0 Å². The number of amides is 1. The van der Waals surface area contributed by atoms with E-state index >= 15 is 0 Å². The molecule has 1 amide bonds. The zero-order valence-corrected chi connectivity index (χ0v) is 15.6. The molecule has 0 aliphatic carbocycles. The fourth-order valence-corrected chi connectivity index (χ4v) is 3.58. The quantitative estimate of drug-likeness (QED) is 0.324. The lowest BCUT2D eigenvalue weighted by atomic mass is 9.77. The van der Waals surface area contributed by atoms with Crippen LogP contribution in [0.1, 0.15) is 39.7 Å². The zero-order chi connectivity index (χ0) is 16.1. The predicted molar refractivity (Wildman–Crippen MR) is 96.9 cm³/mol. The van der Waals surface area contributed by atoms with Gasteiger partial charge in [-0.3, -0.25) is 4.79 Å². The summed E-state index contributed by atoms with van der Waals surface area (Å²) in [5.41, 5.74) is 2.57. The average Bonchev–Trinajstić information content (AvgIpc) is 2.67. The minimum absolute atomic E-state index is 0.199. The standard InChI is InChI=1S/C16H21BINO3/c1-15(2)16(3,4)22-17(21-15)12-6-7-13-11(9-12)5-8-14(20)19(13)10-18/h6-7,9H,5,8,10H2,1-4H3. The number of rotatable bonds is 2. The van der Waals surface area contributed by atoms with Crippen LogP contribution in [0.5, 0.6) is 0 Å². The highest BCUT2D eigenvalue weighted by molar-refractivity contribution is 14.1. The number of fused-ring (bicyclic) bond motifs is 1. The van der Waals surface area contributed by atoms with Crippen molar-refractivity contribution in [2.45, 2.75) is 51.7 Å². The van der Waals surface area contributed by atoms with Gasteiger partial charge in [0, 0.05) is 12.1 Å². The summed E-state index contributed by atoms with van der Waals surface area (Å²) in [5.74, 6) is 0.199. The molecule has 2 heterocycles. The van der Waals surface area contributed by atoms with Crippen molar-refractivity contribution in [2.75, 3.05) is 9.45 Å². The van der Waals surface area contributed by atoms with Crippen molar-refractivity contribution >= 4 is 46.8 Å². The van der Waals surface area contributed by atoms with E-state index in [1.165, 1.54) is 5.56 Å². The summed E-state index contributed by atoms with van der Waals surface area (Å²) < 4.78 is 12.9. The number of carbonyl (C=O) groups excluding carboxylic acids is 1. The summed E-state index contributed by atoms with van der Waals surface area (Å²) in [6.45, 7) is 8.23. The first-order valence-electron chi connectivity index (χ1n) is 7.60. The van der Waals surface area contributed by atoms with Crippen molar-refractivity contribution in [3.05, 3.63) is 23.8 Å². The Labute approximate surface area is 145 Å². The van der Waals surface area contributed by atoms with E-state index in [-0.39, 0.29) is 24.2 Å². The normalized spacial score (nSPS) is 22.9. The Morgan fingerprint density at radius 3 is 2.41 bits per heavy atom. The van der Waals surface area contributed by atoms with Crippen LogP contribution in [0.25, 0.3) is 0 Å². The van der Waals surface area contributed by atoms with Gasteiger partial charge in [-0.25, -0.2) is 0 Å². The van der Waals surface area contributed by atoms with Gasteiger partial charge in [0.15, 0.2) is 0 Å². The third-order valence-electron chi connectivity index (χ3n) is 4.95. The molecular formula is C16H21BINO3. The summed E-state index contributed by atoms with van der Waals surface area (Å²) in [6.07, 6.45) is 1.36. The molecule has 0 bridgehead atoms. The Morgan fingerprint density at radius 1 is 1.18 bits per heavy atom. The van der Waals surface area contributed by atoms with Crippen molar-refractivity contribution < 1.29 is 14.1 Å². The number of carbonyl (C=O) groups is 1. The third-order valence-corrected chi connectivity index (χ3v) is 5.63. The average molecular weight is 413 g/mol. The molecule has 0 aromatic heterocycles. The third kappa shape index (κ3) is 2.59. The second-order valence-corrected chi connectivity index (χ2v) is 7.60. The minimum Gasteiger partial charge on any atom is -0.399 e. The van der Waals surface area contributed by atoms with Crippen molar-refractivity contribution in [1.29, 1.82) is 0 Å². The molecule has 1 saturated heterocycles. The van der Waals surface area contributed by atoms with Crippen LogP contribution in [-0.4, -0.2) is 28.8 Å². The maximum absolute atomic E-state index is 12.0. The summed E-state index contributed by atoms with van der Waals surface area (Å²) in [5, 5.41) is 0. The molecule has 1 aromatic carbocycles. The van der Waals surface area contributed by atoms with Crippen LogP contribution in [0, 0.1) is 0 Å². The first-order chi connectivity index (χ1) is 10.2. The maximum atomic E-state index is 12.0. The molecule has 0 saturated carbocycles. The largest absolute Gasteiger partial charge is 0.494 e. The molecule has 22 heavy (non-hydrogen) atoms. The van der Waals surface area contributed by atoms with E-state index < -0.39 is 0 Å². The van der Waals surface area contributed by atoms with E-state index in [4.69, 9.17) is 9.31 Å². The number of hydrogen-bond acceptors (Lipinski definition) is 3. The van der Waals surface area contributed by atoms with E-state index in [0.717, 1.165) is 17.6 Å². The highest BCUT2D eigenvalue weighted by Crippen LogP contribution is 2.37. The van der Waals surface area contributed by atoms with Gasteiger partial charge in [0.05, 0.1) is 15.8 Å². The lowest BCUT2D eigenvalue weighted by Crippen LogP contribution is -2.41. The fourth-order valence-electron chi connectivity index (χ4n) is 2.84. The molecule has 0 spiro atoms. The van der Waals surface area contributed by atoms with Crippen LogP contribution in [0.2, 0.25) is 0 Å². The monoisotopic (exact) mass is 413 g/mol. The molecule has 6 heteroatoms. The molecule has 1 fully saturated rings. The number of hydrogen-bond donors (Lipinski definition) is 0. The van der Waals surface area contributed by atoms with Crippen LogP contribution < -0.4 is 10.4 Å². The van der Waals surface area contributed by atoms with Gasteiger partial charge in [0.25, 0.3) is 0 Å². The molecule has 2 aliphatic heterocycles. The van der Waals surface area contributed by atoms with Gasteiger partial charge in [0.2, 0.25) is 5.91 Å². The molecule has 0 atom stereocenters. The number of alkyl halides is 1. The first-order valence-corrected chi connectivity index (χ1v) is 9.12. The van der Waals surface area contributed by atoms with Crippen LogP contribution >= 0.6 is 22.6 Å². The molecule has 0 radical (unpaired) electrons. The predicted octanol–water partition coefficient (Wildman–Crippen LogP) is 2.66. The molecular weight excluding hydrogens is 392 g/mol. The summed E-state index contributed by atoms with van der Waals surface area (Å²) >= 11 is 2.23. The smallest absolute Gasteiger partial charge is 0.399 e. The van der Waals surface area contributed by atoms with Gasteiger partial charge in [-0.1, -0.05) is 34.7 Å². The zero-order valence-electron chi connectivity index (χ0n) is 13.5. The number of aryl methyl sites for hydroxylation is 1. The molecule has 0 unspecified atom stereocenters. The number of nitrogens with zero attached hydrogens (tertiary/aromatic N) is 1. The molecule has 3 rings (SSSR count). The number of benzene rings is 1. The molecule has 0 N–H and O–H groups in total. The van der Waals surface area contributed by atoms with E-state index in [0.29, 0.717) is 11.0 Å². The highest BCUT2D eigenvalue weighted by atomic mass is 127. The lowest BCUT2D eigenvalue weighted by Gasteiger charge is -2.32. The van der Waals surface area contributed by atoms with Gasteiger partial charge >= 0.3 is 7.12 Å². The van der Waals surface area contributed by atoms with Crippen LogP contribution in [0.15, 0.2) is 18.2 Å². The second-order valence-electron chi connectivity index (χ2n) is 6.92. The molecule has 2 aliphatic rings. The maximum Gasteiger partial charge on any atom is 0.494 e. The van der Waals surface area contributed by atoms with Crippen molar-refractivity contribution in [1.82, 2.24) is 0 Å².